The molecule has 0 spiro atoms. The van der Waals surface area contributed by atoms with E-state index in [1.165, 1.54) is 6.07 Å². The molecule has 0 aliphatic carbocycles. The predicted octanol–water partition coefficient (Wildman–Crippen LogP) is 1.78. The van der Waals surface area contributed by atoms with Gasteiger partial charge in [0, 0.05) is 6.54 Å². The Morgan fingerprint density at radius 2 is 2.05 bits per heavy atom. The lowest BCUT2D eigenvalue weighted by atomic mass is 10.2. The van der Waals surface area contributed by atoms with Crippen molar-refractivity contribution in [1.29, 1.82) is 0 Å². The summed E-state index contributed by atoms with van der Waals surface area (Å²) in [5.41, 5.74) is 1.03. The molecule has 1 aromatic carbocycles. The molecule has 1 rings (SSSR count). The number of urea groups is 1. The van der Waals surface area contributed by atoms with Crippen molar-refractivity contribution in [3.8, 4) is 0 Å². The molecule has 0 bridgehead atoms. The molecular formula is C13H18FN3O2. The molecule has 0 fully saturated rings. The fraction of sp³-hybridized carbons (Fsp3) is 0.385. The van der Waals surface area contributed by atoms with Crippen LogP contribution >= 0.6 is 0 Å². The van der Waals surface area contributed by atoms with Crippen molar-refractivity contribution in [3.05, 3.63) is 29.6 Å². The molecule has 0 aliphatic heterocycles. The number of aryl methyl sites for hydroxylation is 1. The highest BCUT2D eigenvalue weighted by atomic mass is 19.1. The summed E-state index contributed by atoms with van der Waals surface area (Å²) in [7, 11) is 0. The lowest BCUT2D eigenvalue weighted by Crippen LogP contribution is -2.42. The third kappa shape index (κ3) is 5.37. The van der Waals surface area contributed by atoms with Crippen LogP contribution < -0.4 is 16.0 Å². The predicted molar refractivity (Wildman–Crippen MR) is 71.5 cm³/mol. The number of imide groups is 1. The maximum atomic E-state index is 13.5. The van der Waals surface area contributed by atoms with Crippen LogP contribution in [0.3, 0.4) is 0 Å². The second-order valence-electron chi connectivity index (χ2n) is 4.14. The summed E-state index contributed by atoms with van der Waals surface area (Å²) in [5.74, 6) is -0.947. The Hall–Kier alpha value is -2.11. The van der Waals surface area contributed by atoms with Crippen molar-refractivity contribution in [2.75, 3.05) is 18.4 Å². The number of carbonyl (C=O) groups excluding carboxylic acids is 2. The first-order chi connectivity index (χ1) is 9.02. The van der Waals surface area contributed by atoms with E-state index in [1.807, 2.05) is 6.92 Å². The van der Waals surface area contributed by atoms with Crippen LogP contribution in [0.25, 0.3) is 0 Å². The zero-order valence-corrected chi connectivity index (χ0v) is 11.0. The normalized spacial score (nSPS) is 9.84. The fourth-order valence-electron chi connectivity index (χ4n) is 1.39. The highest BCUT2D eigenvalue weighted by Crippen LogP contribution is 2.14. The van der Waals surface area contributed by atoms with Gasteiger partial charge in [-0.1, -0.05) is 13.0 Å². The van der Waals surface area contributed by atoms with Crippen molar-refractivity contribution in [1.82, 2.24) is 10.6 Å². The lowest BCUT2D eigenvalue weighted by molar-refractivity contribution is -0.118. The van der Waals surface area contributed by atoms with Crippen LogP contribution in [-0.4, -0.2) is 25.0 Å². The van der Waals surface area contributed by atoms with Crippen molar-refractivity contribution < 1.29 is 14.0 Å². The summed E-state index contributed by atoms with van der Waals surface area (Å²) < 4.78 is 13.5. The standard InChI is InChI=1S/C13H18FN3O2/c1-3-6-15-13(19)17-12(18)8-16-11-5-4-9(2)7-10(11)14/h4-5,7,16H,3,6,8H2,1-2H3,(H2,15,17,18,19). The van der Waals surface area contributed by atoms with E-state index in [0.29, 0.717) is 6.54 Å². The summed E-state index contributed by atoms with van der Waals surface area (Å²) in [4.78, 5) is 22.6. The molecule has 0 saturated carbocycles. The van der Waals surface area contributed by atoms with Gasteiger partial charge in [0.05, 0.1) is 12.2 Å². The molecule has 0 unspecified atom stereocenters. The van der Waals surface area contributed by atoms with E-state index in [2.05, 4.69) is 16.0 Å². The summed E-state index contributed by atoms with van der Waals surface area (Å²) in [6.45, 7) is 4.01. The van der Waals surface area contributed by atoms with Crippen LogP contribution in [0.4, 0.5) is 14.9 Å². The number of nitrogens with one attached hydrogen (secondary N) is 3. The van der Waals surface area contributed by atoms with Gasteiger partial charge in [-0.2, -0.15) is 0 Å². The van der Waals surface area contributed by atoms with Crippen molar-refractivity contribution in [3.63, 3.8) is 0 Å². The SMILES string of the molecule is CCCNC(=O)NC(=O)CNc1ccc(C)cc1F. The monoisotopic (exact) mass is 267 g/mol. The number of amides is 3. The molecule has 0 aliphatic rings. The fourth-order valence-corrected chi connectivity index (χ4v) is 1.39. The van der Waals surface area contributed by atoms with E-state index in [1.54, 1.807) is 19.1 Å². The third-order valence-electron chi connectivity index (χ3n) is 2.35. The first kappa shape index (κ1) is 14.9. The van der Waals surface area contributed by atoms with E-state index in [9.17, 15) is 14.0 Å². The zero-order valence-electron chi connectivity index (χ0n) is 11.0. The molecule has 19 heavy (non-hydrogen) atoms. The largest absolute Gasteiger partial charge is 0.374 e. The number of carbonyl (C=O) groups is 2. The zero-order chi connectivity index (χ0) is 14.3. The van der Waals surface area contributed by atoms with Gasteiger partial charge in [0.25, 0.3) is 0 Å². The second kappa shape index (κ2) is 7.35. The molecule has 3 N–H and O–H groups in total. The Balaban J connectivity index is 2.39. The third-order valence-corrected chi connectivity index (χ3v) is 2.35. The minimum atomic E-state index is -0.543. The molecule has 0 saturated heterocycles. The van der Waals surface area contributed by atoms with Gasteiger partial charge in [0.15, 0.2) is 0 Å². The quantitative estimate of drug-likeness (QED) is 0.761. The van der Waals surface area contributed by atoms with Gasteiger partial charge in [-0.05, 0) is 31.0 Å². The van der Waals surface area contributed by atoms with Gasteiger partial charge in [0.2, 0.25) is 5.91 Å². The number of halogens is 1. The van der Waals surface area contributed by atoms with Crippen LogP contribution in [0, 0.1) is 12.7 Å². The summed E-state index contributed by atoms with van der Waals surface area (Å²) in [5, 5.41) is 7.28. The van der Waals surface area contributed by atoms with E-state index in [0.717, 1.165) is 12.0 Å². The number of anilines is 1. The highest BCUT2D eigenvalue weighted by molar-refractivity contribution is 5.96. The average molecular weight is 267 g/mol. The topological polar surface area (TPSA) is 70.2 Å². The summed E-state index contributed by atoms with van der Waals surface area (Å²) in [6, 6.07) is 4.11. The average Bonchev–Trinajstić information content (AvgIpc) is 2.35. The summed E-state index contributed by atoms with van der Waals surface area (Å²) in [6.07, 6.45) is 0.786. The Morgan fingerprint density at radius 1 is 1.32 bits per heavy atom. The minimum absolute atomic E-state index is 0.167. The molecule has 1 aromatic rings. The Morgan fingerprint density at radius 3 is 2.68 bits per heavy atom. The van der Waals surface area contributed by atoms with Crippen molar-refractivity contribution in [2.45, 2.75) is 20.3 Å². The van der Waals surface area contributed by atoms with Crippen LogP contribution in [-0.2, 0) is 4.79 Å². The molecule has 5 nitrogen and oxygen atoms in total. The molecule has 0 radical (unpaired) electrons. The van der Waals surface area contributed by atoms with Crippen molar-refractivity contribution >= 4 is 17.6 Å². The molecule has 0 aromatic heterocycles. The lowest BCUT2D eigenvalue weighted by Gasteiger charge is -2.09. The maximum absolute atomic E-state index is 13.5. The van der Waals surface area contributed by atoms with Gasteiger partial charge >= 0.3 is 6.03 Å². The van der Waals surface area contributed by atoms with Gasteiger partial charge < -0.3 is 10.6 Å². The molecule has 104 valence electrons. The van der Waals surface area contributed by atoms with E-state index < -0.39 is 17.8 Å². The van der Waals surface area contributed by atoms with Crippen LogP contribution in [0.1, 0.15) is 18.9 Å². The highest BCUT2D eigenvalue weighted by Gasteiger charge is 2.08. The molecule has 6 heteroatoms. The molecule has 0 heterocycles. The van der Waals surface area contributed by atoms with Crippen molar-refractivity contribution in [2.24, 2.45) is 0 Å². The number of rotatable bonds is 5. The van der Waals surface area contributed by atoms with Gasteiger partial charge in [-0.15, -0.1) is 0 Å². The van der Waals surface area contributed by atoms with E-state index in [4.69, 9.17) is 0 Å². The van der Waals surface area contributed by atoms with E-state index in [-0.39, 0.29) is 12.2 Å². The molecule has 3 amide bonds. The Bertz CT molecular complexity index is 463. The Labute approximate surface area is 111 Å². The number of hydrogen-bond acceptors (Lipinski definition) is 3. The van der Waals surface area contributed by atoms with Crippen LogP contribution in [0.5, 0.6) is 0 Å². The molecular weight excluding hydrogens is 249 g/mol. The van der Waals surface area contributed by atoms with Crippen LogP contribution in [0.15, 0.2) is 18.2 Å². The first-order valence-corrected chi connectivity index (χ1v) is 6.10. The summed E-state index contributed by atoms with van der Waals surface area (Å²) >= 11 is 0. The van der Waals surface area contributed by atoms with E-state index >= 15 is 0 Å². The van der Waals surface area contributed by atoms with Gasteiger partial charge in [-0.25, -0.2) is 9.18 Å². The number of hydrogen-bond donors (Lipinski definition) is 3. The van der Waals surface area contributed by atoms with Crippen LogP contribution in [0.2, 0.25) is 0 Å². The van der Waals surface area contributed by atoms with Gasteiger partial charge in [0.1, 0.15) is 5.82 Å². The first-order valence-electron chi connectivity index (χ1n) is 6.10. The maximum Gasteiger partial charge on any atom is 0.321 e. The molecule has 0 atom stereocenters. The number of benzene rings is 1. The second-order valence-corrected chi connectivity index (χ2v) is 4.14. The smallest absolute Gasteiger partial charge is 0.321 e. The Kier molecular flexibility index (Phi) is 5.78. The van der Waals surface area contributed by atoms with Gasteiger partial charge in [-0.3, -0.25) is 10.1 Å². The minimum Gasteiger partial charge on any atom is -0.374 e.